The van der Waals surface area contributed by atoms with Crippen molar-refractivity contribution in [2.24, 2.45) is 5.41 Å². The molecule has 2 aliphatic rings. The maximum atomic E-state index is 3.64. The van der Waals surface area contributed by atoms with Crippen LogP contribution in [-0.2, 0) is 0 Å². The van der Waals surface area contributed by atoms with Gasteiger partial charge in [-0.3, -0.25) is 4.90 Å². The Balaban J connectivity index is 1.94. The van der Waals surface area contributed by atoms with Crippen molar-refractivity contribution >= 4 is 0 Å². The maximum absolute atomic E-state index is 3.64. The van der Waals surface area contributed by atoms with Gasteiger partial charge in [0.1, 0.15) is 0 Å². The molecule has 0 amide bonds. The highest BCUT2D eigenvalue weighted by molar-refractivity contribution is 4.91. The van der Waals surface area contributed by atoms with E-state index in [4.69, 9.17) is 0 Å². The van der Waals surface area contributed by atoms with Crippen molar-refractivity contribution in [2.45, 2.75) is 77.7 Å². The molecule has 1 unspecified atom stereocenters. The Kier molecular flexibility index (Phi) is 6.15. The summed E-state index contributed by atoms with van der Waals surface area (Å²) in [6.45, 7) is 9.68. The van der Waals surface area contributed by atoms with Crippen LogP contribution in [-0.4, -0.2) is 37.1 Å². The lowest BCUT2D eigenvalue weighted by Crippen LogP contribution is -2.48. The highest BCUT2D eigenvalue weighted by Crippen LogP contribution is 2.39. The van der Waals surface area contributed by atoms with Gasteiger partial charge in [0.05, 0.1) is 0 Å². The molecule has 1 saturated carbocycles. The van der Waals surface area contributed by atoms with E-state index in [1.165, 1.54) is 77.4 Å². The van der Waals surface area contributed by atoms with Crippen molar-refractivity contribution in [2.75, 3.05) is 26.2 Å². The van der Waals surface area contributed by atoms with E-state index < -0.39 is 0 Å². The van der Waals surface area contributed by atoms with Crippen molar-refractivity contribution in [1.29, 1.82) is 0 Å². The largest absolute Gasteiger partial charge is 0.316 e. The predicted molar refractivity (Wildman–Crippen MR) is 83.6 cm³/mol. The van der Waals surface area contributed by atoms with E-state index in [-0.39, 0.29) is 0 Å². The number of likely N-dealkylation sites (tertiary alicyclic amines) is 1. The van der Waals surface area contributed by atoms with Gasteiger partial charge in [0.15, 0.2) is 0 Å². The van der Waals surface area contributed by atoms with Crippen LogP contribution in [0.15, 0.2) is 0 Å². The second-order valence-electron chi connectivity index (χ2n) is 6.90. The first-order valence-corrected chi connectivity index (χ1v) is 8.74. The summed E-state index contributed by atoms with van der Waals surface area (Å²) in [5, 5.41) is 3.64. The minimum atomic E-state index is 0.597. The molecule has 1 atom stereocenters. The molecule has 1 aliphatic heterocycles. The van der Waals surface area contributed by atoms with Gasteiger partial charge in [-0.2, -0.15) is 0 Å². The van der Waals surface area contributed by atoms with Gasteiger partial charge in [0.25, 0.3) is 0 Å². The highest BCUT2D eigenvalue weighted by Gasteiger charge is 2.37. The molecule has 19 heavy (non-hydrogen) atoms. The fourth-order valence-corrected chi connectivity index (χ4v) is 4.27. The maximum Gasteiger partial charge on any atom is 0.00954 e. The first kappa shape index (κ1) is 15.3. The van der Waals surface area contributed by atoms with Gasteiger partial charge in [-0.05, 0) is 50.6 Å². The molecule has 112 valence electrons. The lowest BCUT2D eigenvalue weighted by molar-refractivity contribution is 0.0764. The zero-order valence-corrected chi connectivity index (χ0v) is 13.2. The summed E-state index contributed by atoms with van der Waals surface area (Å²) in [5.74, 6) is 0. The van der Waals surface area contributed by atoms with E-state index in [1.54, 1.807) is 0 Å². The molecule has 2 fully saturated rings. The van der Waals surface area contributed by atoms with E-state index in [0.29, 0.717) is 5.41 Å². The summed E-state index contributed by atoms with van der Waals surface area (Å²) in [6, 6.07) is 0.887. The van der Waals surface area contributed by atoms with Gasteiger partial charge in [0.2, 0.25) is 0 Å². The van der Waals surface area contributed by atoms with Gasteiger partial charge in [-0.15, -0.1) is 0 Å². The standard InChI is InChI=1S/C17H34N2/c1-3-9-16-10-5-8-13-19(16)15-17(14-18-4-2)11-6-7-12-17/h16,18H,3-15H2,1-2H3. The fourth-order valence-electron chi connectivity index (χ4n) is 4.27. The van der Waals surface area contributed by atoms with Crippen LogP contribution in [0, 0.1) is 5.41 Å². The van der Waals surface area contributed by atoms with Crippen LogP contribution in [0.3, 0.4) is 0 Å². The lowest BCUT2D eigenvalue weighted by Gasteiger charge is -2.42. The monoisotopic (exact) mass is 266 g/mol. The van der Waals surface area contributed by atoms with Gasteiger partial charge >= 0.3 is 0 Å². The Morgan fingerprint density at radius 2 is 1.89 bits per heavy atom. The summed E-state index contributed by atoms with van der Waals surface area (Å²) >= 11 is 0. The van der Waals surface area contributed by atoms with Gasteiger partial charge in [-0.25, -0.2) is 0 Å². The summed E-state index contributed by atoms with van der Waals surface area (Å²) in [6.07, 6.45) is 12.9. The van der Waals surface area contributed by atoms with Gasteiger partial charge in [0, 0.05) is 19.1 Å². The number of nitrogens with zero attached hydrogens (tertiary/aromatic N) is 1. The number of rotatable bonds is 7. The first-order valence-electron chi connectivity index (χ1n) is 8.74. The summed E-state index contributed by atoms with van der Waals surface area (Å²) < 4.78 is 0. The third-order valence-corrected chi connectivity index (χ3v) is 5.32. The molecule has 2 nitrogen and oxygen atoms in total. The molecule has 1 N–H and O–H groups in total. The highest BCUT2D eigenvalue weighted by atomic mass is 15.2. The van der Waals surface area contributed by atoms with E-state index >= 15 is 0 Å². The molecule has 0 bridgehead atoms. The first-order chi connectivity index (χ1) is 9.29. The Morgan fingerprint density at radius 1 is 1.11 bits per heavy atom. The quantitative estimate of drug-likeness (QED) is 0.754. The van der Waals surface area contributed by atoms with Gasteiger partial charge < -0.3 is 5.32 Å². The summed E-state index contributed by atoms with van der Waals surface area (Å²) in [7, 11) is 0. The molecule has 0 radical (unpaired) electrons. The normalized spacial score (nSPS) is 27.8. The van der Waals surface area contributed by atoms with Crippen molar-refractivity contribution in [3.63, 3.8) is 0 Å². The molecular weight excluding hydrogens is 232 g/mol. The Hall–Kier alpha value is -0.0800. The van der Waals surface area contributed by atoms with Crippen LogP contribution >= 0.6 is 0 Å². The minimum absolute atomic E-state index is 0.597. The topological polar surface area (TPSA) is 15.3 Å². The molecule has 2 heteroatoms. The third kappa shape index (κ3) is 4.19. The molecule has 2 rings (SSSR count). The van der Waals surface area contributed by atoms with Crippen LogP contribution in [0.5, 0.6) is 0 Å². The second-order valence-corrected chi connectivity index (χ2v) is 6.90. The Morgan fingerprint density at radius 3 is 2.58 bits per heavy atom. The molecule has 1 aliphatic carbocycles. The van der Waals surface area contributed by atoms with E-state index in [9.17, 15) is 0 Å². The average Bonchev–Trinajstić information content (AvgIpc) is 2.88. The summed E-state index contributed by atoms with van der Waals surface area (Å²) in [5.41, 5.74) is 0.597. The van der Waals surface area contributed by atoms with Crippen LogP contribution in [0.4, 0.5) is 0 Å². The van der Waals surface area contributed by atoms with Crippen molar-refractivity contribution < 1.29 is 0 Å². The second kappa shape index (κ2) is 7.64. The third-order valence-electron chi connectivity index (χ3n) is 5.32. The molecule has 0 spiro atoms. The smallest absolute Gasteiger partial charge is 0.00954 e. The molecule has 0 aromatic carbocycles. The molecular formula is C17H34N2. The fraction of sp³-hybridized carbons (Fsp3) is 1.00. The van der Waals surface area contributed by atoms with Crippen LogP contribution in [0.1, 0.15) is 71.6 Å². The van der Waals surface area contributed by atoms with Crippen LogP contribution in [0.25, 0.3) is 0 Å². The number of nitrogens with one attached hydrogen (secondary N) is 1. The zero-order chi connectivity index (χ0) is 13.6. The average molecular weight is 266 g/mol. The predicted octanol–water partition coefficient (Wildman–Crippen LogP) is 3.81. The molecule has 1 saturated heterocycles. The van der Waals surface area contributed by atoms with E-state index in [1.807, 2.05) is 0 Å². The van der Waals surface area contributed by atoms with Crippen molar-refractivity contribution in [3.8, 4) is 0 Å². The van der Waals surface area contributed by atoms with Crippen molar-refractivity contribution in [3.05, 3.63) is 0 Å². The van der Waals surface area contributed by atoms with Crippen LogP contribution in [0.2, 0.25) is 0 Å². The Labute approximate surface area is 120 Å². The summed E-state index contributed by atoms with van der Waals surface area (Å²) in [4.78, 5) is 2.86. The Bertz CT molecular complexity index is 244. The van der Waals surface area contributed by atoms with Crippen LogP contribution < -0.4 is 5.32 Å². The van der Waals surface area contributed by atoms with E-state index in [0.717, 1.165) is 12.6 Å². The van der Waals surface area contributed by atoms with Crippen molar-refractivity contribution in [1.82, 2.24) is 10.2 Å². The number of hydrogen-bond donors (Lipinski definition) is 1. The number of piperidine rings is 1. The lowest BCUT2D eigenvalue weighted by atomic mass is 9.83. The SMILES string of the molecule is CCCC1CCCCN1CC1(CNCC)CCCC1. The molecule has 0 aromatic heterocycles. The van der Waals surface area contributed by atoms with E-state index in [2.05, 4.69) is 24.1 Å². The molecule has 1 heterocycles. The van der Waals surface area contributed by atoms with Gasteiger partial charge in [-0.1, -0.05) is 39.5 Å². The molecule has 0 aromatic rings. The number of hydrogen-bond acceptors (Lipinski definition) is 2. The zero-order valence-electron chi connectivity index (χ0n) is 13.2. The minimum Gasteiger partial charge on any atom is -0.316 e.